The van der Waals surface area contributed by atoms with E-state index in [0.717, 1.165) is 16.8 Å². The van der Waals surface area contributed by atoms with Crippen molar-refractivity contribution in [3.05, 3.63) is 83.1 Å². The lowest BCUT2D eigenvalue weighted by atomic mass is 10.2. The number of nitrogens with zero attached hydrogens (tertiary/aromatic N) is 2. The van der Waals surface area contributed by atoms with Crippen LogP contribution in [-0.4, -0.2) is 26.4 Å². The van der Waals surface area contributed by atoms with E-state index in [4.69, 9.17) is 11.6 Å². The minimum atomic E-state index is -3.62. The van der Waals surface area contributed by atoms with E-state index >= 15 is 0 Å². The predicted molar refractivity (Wildman–Crippen MR) is 116 cm³/mol. The van der Waals surface area contributed by atoms with E-state index in [9.17, 15) is 8.42 Å². The fourth-order valence-corrected chi connectivity index (χ4v) is 4.46. The summed E-state index contributed by atoms with van der Waals surface area (Å²) in [6.07, 6.45) is 3.38. The van der Waals surface area contributed by atoms with Crippen LogP contribution in [0, 0.1) is 6.92 Å². The second-order valence-corrected chi connectivity index (χ2v) is 8.78. The molecule has 150 valence electrons. The van der Waals surface area contributed by atoms with Crippen molar-refractivity contribution >= 4 is 33.1 Å². The summed E-state index contributed by atoms with van der Waals surface area (Å²) in [5.41, 5.74) is 2.58. The highest BCUT2D eigenvalue weighted by Crippen LogP contribution is 2.25. The minimum Gasteiger partial charge on any atom is -0.352 e. The molecule has 29 heavy (non-hydrogen) atoms. The molecule has 0 unspecified atom stereocenters. The van der Waals surface area contributed by atoms with Gasteiger partial charge >= 0.3 is 0 Å². The van der Waals surface area contributed by atoms with Crippen LogP contribution in [0.4, 0.5) is 5.69 Å². The quantitative estimate of drug-likeness (QED) is 0.473. The maximum atomic E-state index is 12.9. The molecule has 3 rings (SSSR count). The van der Waals surface area contributed by atoms with Crippen LogP contribution in [0.2, 0.25) is 5.02 Å². The molecule has 1 aromatic heterocycles. The van der Waals surface area contributed by atoms with Crippen LogP contribution >= 0.6 is 11.6 Å². The molecular weight excluding hydrogens is 408 g/mol. The van der Waals surface area contributed by atoms with Gasteiger partial charge in [-0.3, -0.25) is 9.98 Å². The van der Waals surface area contributed by atoms with Crippen LogP contribution in [0.25, 0.3) is 0 Å². The zero-order valence-corrected chi connectivity index (χ0v) is 17.6. The second-order valence-electron chi connectivity index (χ2n) is 6.40. The number of guanidine groups is 1. The first-order valence-electron chi connectivity index (χ1n) is 8.87. The van der Waals surface area contributed by atoms with Crippen molar-refractivity contribution in [3.8, 4) is 0 Å². The fourth-order valence-electron chi connectivity index (χ4n) is 2.72. The Kier molecular flexibility index (Phi) is 6.51. The van der Waals surface area contributed by atoms with Gasteiger partial charge in [0.2, 0.25) is 9.84 Å². The van der Waals surface area contributed by atoms with E-state index in [2.05, 4.69) is 20.6 Å². The molecule has 2 aromatic carbocycles. The Morgan fingerprint density at radius 1 is 1.03 bits per heavy atom. The number of halogens is 1. The van der Waals surface area contributed by atoms with Crippen LogP contribution < -0.4 is 10.6 Å². The van der Waals surface area contributed by atoms with Gasteiger partial charge in [0.25, 0.3) is 0 Å². The third-order valence-corrected chi connectivity index (χ3v) is 6.15. The molecule has 3 aromatic rings. The van der Waals surface area contributed by atoms with Gasteiger partial charge in [0.05, 0.1) is 9.79 Å². The van der Waals surface area contributed by atoms with Crippen LogP contribution in [0.1, 0.15) is 11.1 Å². The summed E-state index contributed by atoms with van der Waals surface area (Å²) in [4.78, 5) is 8.57. The van der Waals surface area contributed by atoms with Crippen molar-refractivity contribution in [1.82, 2.24) is 10.3 Å². The summed E-state index contributed by atoms with van der Waals surface area (Å²) >= 11 is 6.02. The first-order chi connectivity index (χ1) is 13.9. The maximum Gasteiger partial charge on any atom is 0.206 e. The van der Waals surface area contributed by atoms with Crippen molar-refractivity contribution in [2.24, 2.45) is 4.99 Å². The molecule has 2 N–H and O–H groups in total. The summed E-state index contributed by atoms with van der Waals surface area (Å²) in [7, 11) is -1.94. The average Bonchev–Trinajstić information content (AvgIpc) is 2.71. The molecule has 0 spiro atoms. The Morgan fingerprint density at radius 2 is 1.72 bits per heavy atom. The molecule has 0 radical (unpaired) electrons. The molecule has 0 saturated carbocycles. The number of anilines is 1. The van der Waals surface area contributed by atoms with Crippen molar-refractivity contribution in [3.63, 3.8) is 0 Å². The van der Waals surface area contributed by atoms with Crippen molar-refractivity contribution in [2.75, 3.05) is 12.4 Å². The van der Waals surface area contributed by atoms with Gasteiger partial charge in [-0.25, -0.2) is 8.42 Å². The summed E-state index contributed by atoms with van der Waals surface area (Å²) in [5, 5.41) is 6.75. The van der Waals surface area contributed by atoms with E-state index < -0.39 is 9.84 Å². The smallest absolute Gasteiger partial charge is 0.206 e. The lowest BCUT2D eigenvalue weighted by Crippen LogP contribution is -2.30. The Labute approximate surface area is 175 Å². The zero-order chi connectivity index (χ0) is 20.9. The first-order valence-corrected chi connectivity index (χ1v) is 10.7. The van der Waals surface area contributed by atoms with Crippen molar-refractivity contribution in [1.29, 1.82) is 0 Å². The summed E-state index contributed by atoms with van der Waals surface area (Å²) in [6.45, 7) is 2.30. The number of sulfone groups is 1. The number of aromatic nitrogens is 1. The van der Waals surface area contributed by atoms with E-state index in [1.54, 1.807) is 55.8 Å². The largest absolute Gasteiger partial charge is 0.352 e. The Bertz CT molecular complexity index is 1090. The van der Waals surface area contributed by atoms with Gasteiger partial charge < -0.3 is 10.6 Å². The minimum absolute atomic E-state index is 0.190. The maximum absolute atomic E-state index is 12.9. The third-order valence-electron chi connectivity index (χ3n) is 4.19. The number of nitrogens with one attached hydrogen (secondary N) is 2. The molecule has 0 aliphatic heterocycles. The second kappa shape index (κ2) is 9.07. The highest BCUT2D eigenvalue weighted by Gasteiger charge is 2.18. The molecule has 6 nitrogen and oxygen atoms in total. The summed E-state index contributed by atoms with van der Waals surface area (Å²) in [5.74, 6) is 0.599. The van der Waals surface area contributed by atoms with E-state index in [1.165, 1.54) is 6.07 Å². The third kappa shape index (κ3) is 5.34. The van der Waals surface area contributed by atoms with Gasteiger partial charge in [-0.2, -0.15) is 0 Å². The van der Waals surface area contributed by atoms with Crippen LogP contribution in [0.15, 0.2) is 81.8 Å². The van der Waals surface area contributed by atoms with E-state index in [0.29, 0.717) is 17.5 Å². The molecule has 0 amide bonds. The normalized spacial score (nSPS) is 11.9. The van der Waals surface area contributed by atoms with Crippen LogP contribution in [-0.2, 0) is 16.4 Å². The Morgan fingerprint density at radius 3 is 2.34 bits per heavy atom. The van der Waals surface area contributed by atoms with Crippen molar-refractivity contribution < 1.29 is 8.42 Å². The van der Waals surface area contributed by atoms with E-state index in [1.807, 2.05) is 19.1 Å². The predicted octanol–water partition coefficient (Wildman–Crippen LogP) is 4.06. The lowest BCUT2D eigenvalue weighted by Gasteiger charge is -2.12. The number of hydrogen-bond acceptors (Lipinski definition) is 4. The molecule has 0 bridgehead atoms. The topological polar surface area (TPSA) is 83.5 Å². The van der Waals surface area contributed by atoms with Crippen LogP contribution in [0.3, 0.4) is 0 Å². The number of rotatable bonds is 5. The molecule has 0 atom stereocenters. The SMILES string of the molecule is CN=C(NCc1ccc(S(=O)(=O)c2cc(C)cc(Cl)c2)cc1)Nc1ccncc1. The molecule has 0 aliphatic carbocycles. The number of pyridine rings is 1. The van der Waals surface area contributed by atoms with Gasteiger partial charge in [0, 0.05) is 36.7 Å². The summed E-state index contributed by atoms with van der Waals surface area (Å²) in [6, 6.07) is 15.2. The summed E-state index contributed by atoms with van der Waals surface area (Å²) < 4.78 is 25.7. The molecule has 1 heterocycles. The fraction of sp³-hybridized carbons (Fsp3) is 0.143. The number of hydrogen-bond donors (Lipinski definition) is 2. The molecular formula is C21H21ClN4O2S. The Balaban J connectivity index is 1.69. The zero-order valence-electron chi connectivity index (χ0n) is 16.1. The average molecular weight is 429 g/mol. The molecule has 8 heteroatoms. The highest BCUT2D eigenvalue weighted by molar-refractivity contribution is 7.91. The van der Waals surface area contributed by atoms with Gasteiger partial charge in [-0.05, 0) is 60.5 Å². The Hall–Kier alpha value is -2.90. The van der Waals surface area contributed by atoms with E-state index in [-0.39, 0.29) is 9.79 Å². The standard InChI is InChI=1S/C21H21ClN4O2S/c1-15-11-17(22)13-20(12-15)29(27,28)19-5-3-16(4-6-19)14-25-21(23-2)26-18-7-9-24-10-8-18/h3-13H,14H2,1-2H3,(H2,23,24,25,26). The first kappa shape index (κ1) is 20.8. The number of aliphatic imine (C=N–C) groups is 1. The van der Waals surface area contributed by atoms with Crippen molar-refractivity contribution in [2.45, 2.75) is 23.3 Å². The van der Waals surface area contributed by atoms with Gasteiger partial charge in [-0.15, -0.1) is 0 Å². The van der Waals surface area contributed by atoms with Gasteiger partial charge in [-0.1, -0.05) is 23.7 Å². The number of benzene rings is 2. The molecule has 0 fully saturated rings. The van der Waals surface area contributed by atoms with Crippen LogP contribution in [0.5, 0.6) is 0 Å². The van der Waals surface area contributed by atoms with Gasteiger partial charge in [0.15, 0.2) is 5.96 Å². The monoisotopic (exact) mass is 428 g/mol. The number of aryl methyl sites for hydroxylation is 1. The molecule has 0 aliphatic rings. The highest BCUT2D eigenvalue weighted by atomic mass is 35.5. The van der Waals surface area contributed by atoms with Gasteiger partial charge in [0.1, 0.15) is 0 Å². The molecule has 0 saturated heterocycles. The lowest BCUT2D eigenvalue weighted by molar-refractivity contribution is 0.596.